The van der Waals surface area contributed by atoms with Gasteiger partial charge < -0.3 is 10.3 Å². The molecule has 0 bridgehead atoms. The number of imidazole rings is 1. The van der Waals surface area contributed by atoms with Crippen molar-refractivity contribution in [1.29, 1.82) is 0 Å². The SMILES string of the molecule is CCC(NC(=O)c1nn(CC(C)C)c(=O)c2ccccc12)c1ncc(-c2ccccc2)[nH]1. The van der Waals surface area contributed by atoms with Crippen molar-refractivity contribution in [2.24, 2.45) is 5.92 Å². The summed E-state index contributed by atoms with van der Waals surface area (Å²) in [5.41, 5.74) is 1.98. The van der Waals surface area contributed by atoms with Gasteiger partial charge in [-0.1, -0.05) is 69.3 Å². The van der Waals surface area contributed by atoms with E-state index in [1.807, 2.05) is 57.2 Å². The summed E-state index contributed by atoms with van der Waals surface area (Å²) >= 11 is 0. The van der Waals surface area contributed by atoms with Gasteiger partial charge in [-0.3, -0.25) is 9.59 Å². The number of rotatable bonds is 7. The van der Waals surface area contributed by atoms with Crippen LogP contribution in [0.15, 0.2) is 65.6 Å². The van der Waals surface area contributed by atoms with Crippen LogP contribution in [-0.4, -0.2) is 25.7 Å². The fourth-order valence-corrected chi connectivity index (χ4v) is 3.74. The van der Waals surface area contributed by atoms with Gasteiger partial charge in [0.25, 0.3) is 11.5 Å². The van der Waals surface area contributed by atoms with Crippen LogP contribution in [0.5, 0.6) is 0 Å². The molecule has 2 aromatic carbocycles. The monoisotopic (exact) mass is 429 g/mol. The van der Waals surface area contributed by atoms with Crippen LogP contribution >= 0.6 is 0 Å². The second-order valence-corrected chi connectivity index (χ2v) is 8.26. The van der Waals surface area contributed by atoms with Crippen molar-refractivity contribution < 1.29 is 4.79 Å². The van der Waals surface area contributed by atoms with E-state index in [1.165, 1.54) is 4.68 Å². The minimum atomic E-state index is -0.330. The molecule has 32 heavy (non-hydrogen) atoms. The van der Waals surface area contributed by atoms with Gasteiger partial charge in [-0.25, -0.2) is 9.67 Å². The number of benzene rings is 2. The molecule has 1 unspecified atom stereocenters. The molecular formula is C25H27N5O2. The highest BCUT2D eigenvalue weighted by atomic mass is 16.2. The molecular weight excluding hydrogens is 402 g/mol. The lowest BCUT2D eigenvalue weighted by molar-refractivity contribution is 0.0928. The summed E-state index contributed by atoms with van der Waals surface area (Å²) in [4.78, 5) is 33.9. The number of aromatic nitrogens is 4. The fourth-order valence-electron chi connectivity index (χ4n) is 3.74. The predicted octanol–water partition coefficient (Wildman–Crippen LogP) is 4.32. The second-order valence-electron chi connectivity index (χ2n) is 8.26. The van der Waals surface area contributed by atoms with Gasteiger partial charge in [0.05, 0.1) is 23.3 Å². The quantitative estimate of drug-likeness (QED) is 0.457. The van der Waals surface area contributed by atoms with E-state index in [0.29, 0.717) is 29.6 Å². The first-order chi connectivity index (χ1) is 15.5. The number of fused-ring (bicyclic) bond motifs is 1. The maximum Gasteiger partial charge on any atom is 0.274 e. The summed E-state index contributed by atoms with van der Waals surface area (Å²) in [6.07, 6.45) is 2.42. The van der Waals surface area contributed by atoms with Crippen LogP contribution in [0, 0.1) is 5.92 Å². The van der Waals surface area contributed by atoms with Crippen molar-refractivity contribution in [2.45, 2.75) is 39.8 Å². The van der Waals surface area contributed by atoms with E-state index < -0.39 is 0 Å². The van der Waals surface area contributed by atoms with Gasteiger partial charge in [0.1, 0.15) is 5.82 Å². The number of H-pyrrole nitrogens is 1. The smallest absolute Gasteiger partial charge is 0.274 e. The van der Waals surface area contributed by atoms with Gasteiger partial charge in [0.15, 0.2) is 5.69 Å². The molecule has 1 amide bonds. The van der Waals surface area contributed by atoms with E-state index >= 15 is 0 Å². The molecule has 0 aliphatic heterocycles. The Kier molecular flexibility index (Phi) is 6.16. The van der Waals surface area contributed by atoms with Crippen molar-refractivity contribution in [3.05, 3.63) is 82.7 Å². The third-order valence-corrected chi connectivity index (χ3v) is 5.34. The van der Waals surface area contributed by atoms with Crippen LogP contribution in [0.2, 0.25) is 0 Å². The van der Waals surface area contributed by atoms with Crippen LogP contribution in [0.3, 0.4) is 0 Å². The van der Waals surface area contributed by atoms with Crippen LogP contribution in [0.25, 0.3) is 22.0 Å². The molecule has 4 aromatic rings. The molecule has 0 radical (unpaired) electrons. The summed E-state index contributed by atoms with van der Waals surface area (Å²) in [6.45, 7) is 6.45. The third kappa shape index (κ3) is 4.32. The van der Waals surface area contributed by atoms with Gasteiger partial charge >= 0.3 is 0 Å². The zero-order valence-corrected chi connectivity index (χ0v) is 18.5. The molecule has 1 atom stereocenters. The van der Waals surface area contributed by atoms with E-state index in [4.69, 9.17) is 0 Å². The Bertz CT molecular complexity index is 1290. The molecule has 2 heterocycles. The van der Waals surface area contributed by atoms with Gasteiger partial charge in [0.2, 0.25) is 0 Å². The Hall–Kier alpha value is -3.74. The Morgan fingerprint density at radius 2 is 1.75 bits per heavy atom. The van der Waals surface area contributed by atoms with Crippen molar-refractivity contribution >= 4 is 16.7 Å². The van der Waals surface area contributed by atoms with Gasteiger partial charge in [-0.05, 0) is 24.0 Å². The van der Waals surface area contributed by atoms with E-state index in [9.17, 15) is 9.59 Å². The van der Waals surface area contributed by atoms with Crippen molar-refractivity contribution in [1.82, 2.24) is 25.1 Å². The number of carbonyl (C=O) groups excluding carboxylic acids is 1. The fraction of sp³-hybridized carbons (Fsp3) is 0.280. The average Bonchev–Trinajstić information content (AvgIpc) is 3.29. The highest BCUT2D eigenvalue weighted by molar-refractivity contribution is 6.04. The third-order valence-electron chi connectivity index (χ3n) is 5.34. The summed E-state index contributed by atoms with van der Waals surface area (Å²) in [5.74, 6) is 0.572. The van der Waals surface area contributed by atoms with E-state index in [-0.39, 0.29) is 29.1 Å². The Morgan fingerprint density at radius 1 is 1.06 bits per heavy atom. The van der Waals surface area contributed by atoms with Crippen LogP contribution in [-0.2, 0) is 6.54 Å². The minimum absolute atomic E-state index is 0.184. The molecule has 2 N–H and O–H groups in total. The number of aromatic amines is 1. The normalized spacial score (nSPS) is 12.2. The summed E-state index contributed by atoms with van der Waals surface area (Å²) in [5, 5.41) is 8.52. The maximum atomic E-state index is 13.3. The largest absolute Gasteiger partial charge is 0.341 e. The molecule has 0 fully saturated rings. The van der Waals surface area contributed by atoms with Gasteiger partial charge in [0, 0.05) is 11.9 Å². The number of hydrogen-bond donors (Lipinski definition) is 2. The number of nitrogens with one attached hydrogen (secondary N) is 2. The Morgan fingerprint density at radius 3 is 2.44 bits per heavy atom. The van der Waals surface area contributed by atoms with E-state index in [0.717, 1.165) is 11.3 Å². The number of carbonyl (C=O) groups is 1. The van der Waals surface area contributed by atoms with Crippen LogP contribution in [0.1, 0.15) is 49.5 Å². The molecule has 164 valence electrons. The lowest BCUT2D eigenvalue weighted by atomic mass is 10.1. The molecule has 0 saturated heterocycles. The second kappa shape index (κ2) is 9.18. The maximum absolute atomic E-state index is 13.3. The lowest BCUT2D eigenvalue weighted by Gasteiger charge is -2.17. The van der Waals surface area contributed by atoms with Gasteiger partial charge in [-0.2, -0.15) is 5.10 Å². The Labute approximate surface area is 186 Å². The topological polar surface area (TPSA) is 92.7 Å². The van der Waals surface area contributed by atoms with E-state index in [2.05, 4.69) is 20.4 Å². The Balaban J connectivity index is 1.66. The number of amides is 1. The number of hydrogen-bond acceptors (Lipinski definition) is 4. The first-order valence-electron chi connectivity index (χ1n) is 10.9. The highest BCUT2D eigenvalue weighted by Gasteiger charge is 2.22. The highest BCUT2D eigenvalue weighted by Crippen LogP contribution is 2.21. The first-order valence-corrected chi connectivity index (χ1v) is 10.9. The molecule has 2 aromatic heterocycles. The molecule has 0 aliphatic rings. The standard InChI is InChI=1S/C25H27N5O2/c1-4-20(23-26-14-21(27-23)17-10-6-5-7-11-17)28-24(31)22-18-12-8-9-13-19(18)25(32)30(29-22)15-16(2)3/h5-14,16,20H,4,15H2,1-3H3,(H,26,27)(H,28,31). The van der Waals surface area contributed by atoms with Crippen molar-refractivity contribution in [2.75, 3.05) is 0 Å². The molecule has 0 spiro atoms. The first kappa shape index (κ1) is 21.5. The van der Waals surface area contributed by atoms with Crippen molar-refractivity contribution in [3.8, 4) is 11.3 Å². The van der Waals surface area contributed by atoms with Gasteiger partial charge in [-0.15, -0.1) is 0 Å². The summed E-state index contributed by atoms with van der Waals surface area (Å²) < 4.78 is 1.39. The average molecular weight is 430 g/mol. The zero-order valence-electron chi connectivity index (χ0n) is 18.5. The van der Waals surface area contributed by atoms with Crippen LogP contribution in [0.4, 0.5) is 0 Å². The zero-order chi connectivity index (χ0) is 22.7. The number of nitrogens with zero attached hydrogens (tertiary/aromatic N) is 3. The van der Waals surface area contributed by atoms with Crippen molar-refractivity contribution in [3.63, 3.8) is 0 Å². The van der Waals surface area contributed by atoms with Crippen LogP contribution < -0.4 is 10.9 Å². The summed E-state index contributed by atoms with van der Waals surface area (Å²) in [6, 6.07) is 16.7. The summed E-state index contributed by atoms with van der Waals surface area (Å²) in [7, 11) is 0. The predicted molar refractivity (Wildman–Crippen MR) is 125 cm³/mol. The lowest BCUT2D eigenvalue weighted by Crippen LogP contribution is -2.33. The molecule has 4 rings (SSSR count). The van der Waals surface area contributed by atoms with E-state index in [1.54, 1.807) is 24.4 Å². The molecule has 0 aliphatic carbocycles. The molecule has 7 heteroatoms. The molecule has 7 nitrogen and oxygen atoms in total. The molecule has 0 saturated carbocycles. The minimum Gasteiger partial charge on any atom is -0.341 e.